The third-order valence-corrected chi connectivity index (χ3v) is 5.86. The van der Waals surface area contributed by atoms with E-state index in [2.05, 4.69) is 96.7 Å². The van der Waals surface area contributed by atoms with Gasteiger partial charge in [0.25, 0.3) is 0 Å². The van der Waals surface area contributed by atoms with E-state index in [1.54, 1.807) is 0 Å². The molecule has 0 spiro atoms. The molecule has 0 saturated heterocycles. The molecule has 0 aromatic carbocycles. The van der Waals surface area contributed by atoms with Crippen molar-refractivity contribution in [1.82, 2.24) is 0 Å². The first-order chi connectivity index (χ1) is 15.9. The van der Waals surface area contributed by atoms with Gasteiger partial charge in [-0.05, 0) is 0 Å². The van der Waals surface area contributed by atoms with Crippen LogP contribution in [0.4, 0.5) is 0 Å². The first-order valence-corrected chi connectivity index (χ1v) is 13.2. The molecule has 0 amide bonds. The van der Waals surface area contributed by atoms with E-state index in [0.717, 1.165) is 51.4 Å². The fraction of sp³-hybridized carbons (Fsp3) is 0.929. The number of nitrogens with zero attached hydrogens (tertiary/aromatic N) is 4. The van der Waals surface area contributed by atoms with Crippen LogP contribution in [0.3, 0.4) is 0 Å². The van der Waals surface area contributed by atoms with Crippen LogP contribution in [-0.2, 0) is 29.1 Å². The van der Waals surface area contributed by atoms with Gasteiger partial charge in [-0.3, -0.25) is 13.6 Å². The third kappa shape index (κ3) is 29.9. The molecule has 0 radical (unpaired) electrons. The SMILES string of the molecule is CCCC([N-]C(C)CC)[N-]C(C)(C)CC.CCCC([N-]C(C)CC)[N-]C(C)(C)CC.[CH-]=O.[CH-]=O.[Ru+6]. The molecule has 0 aromatic heterocycles. The van der Waals surface area contributed by atoms with Gasteiger partial charge in [0, 0.05) is 0 Å². The predicted octanol–water partition coefficient (Wildman–Crippen LogP) is 9.14. The van der Waals surface area contributed by atoms with E-state index in [9.17, 15) is 0 Å². The van der Waals surface area contributed by atoms with Crippen molar-refractivity contribution in [3.63, 3.8) is 0 Å². The molecule has 0 bridgehead atoms. The van der Waals surface area contributed by atoms with Crippen LogP contribution in [0.5, 0.6) is 0 Å². The molecule has 7 heteroatoms. The van der Waals surface area contributed by atoms with Crippen molar-refractivity contribution in [3.8, 4) is 0 Å². The number of carbonyl (C=O) groups excluding carboxylic acids is 2. The van der Waals surface area contributed by atoms with Crippen LogP contribution in [0, 0.1) is 0 Å². The Labute approximate surface area is 233 Å². The van der Waals surface area contributed by atoms with Crippen LogP contribution in [0.15, 0.2) is 0 Å². The zero-order chi connectivity index (χ0) is 27.8. The Hall–Kier alpha value is -0.197. The first kappa shape index (κ1) is 44.8. The van der Waals surface area contributed by atoms with Crippen molar-refractivity contribution in [1.29, 1.82) is 0 Å². The van der Waals surface area contributed by atoms with Gasteiger partial charge < -0.3 is 30.9 Å². The Bertz CT molecular complexity index is 388. The maximum atomic E-state index is 7.75. The van der Waals surface area contributed by atoms with E-state index in [4.69, 9.17) is 30.9 Å². The number of rotatable bonds is 16. The van der Waals surface area contributed by atoms with Gasteiger partial charge in [0.1, 0.15) is 0 Å². The molecule has 0 N–H and O–H groups in total. The Kier molecular flexibility index (Phi) is 36.3. The summed E-state index contributed by atoms with van der Waals surface area (Å²) in [7, 11) is 0. The molecule has 210 valence electrons. The summed E-state index contributed by atoms with van der Waals surface area (Å²) in [6.45, 7) is 32.8. The molecule has 0 saturated carbocycles. The smallest absolute Gasteiger partial charge is 0.675 e. The summed E-state index contributed by atoms with van der Waals surface area (Å²) in [6.07, 6.45) is 9.32. The molecule has 0 heterocycles. The average molecular weight is 584 g/mol. The molecule has 0 aliphatic rings. The molecule has 0 rings (SSSR count). The molecule has 35 heavy (non-hydrogen) atoms. The van der Waals surface area contributed by atoms with Crippen LogP contribution >= 0.6 is 0 Å². The van der Waals surface area contributed by atoms with Gasteiger partial charge in [0.15, 0.2) is 0 Å². The van der Waals surface area contributed by atoms with E-state index in [0.29, 0.717) is 12.1 Å². The fourth-order valence-electron chi connectivity index (χ4n) is 2.65. The fourth-order valence-corrected chi connectivity index (χ4v) is 2.65. The summed E-state index contributed by atoms with van der Waals surface area (Å²) in [4.78, 5) is 15.5. The van der Waals surface area contributed by atoms with Crippen LogP contribution in [-0.4, -0.2) is 49.1 Å². The zero-order valence-corrected chi connectivity index (χ0v) is 26.8. The molecule has 0 fully saturated rings. The van der Waals surface area contributed by atoms with Crippen LogP contribution in [0.2, 0.25) is 0 Å². The Balaban J connectivity index is -0.000000146. The van der Waals surface area contributed by atoms with E-state index in [1.807, 2.05) is 0 Å². The van der Waals surface area contributed by atoms with Gasteiger partial charge in [-0.25, -0.2) is 12.3 Å². The molecule has 4 unspecified atom stereocenters. The summed E-state index contributed by atoms with van der Waals surface area (Å²) in [6, 6.07) is 0.885. The van der Waals surface area contributed by atoms with Crippen LogP contribution in [0.25, 0.3) is 21.3 Å². The van der Waals surface area contributed by atoms with Crippen molar-refractivity contribution < 1.29 is 29.1 Å². The van der Waals surface area contributed by atoms with Gasteiger partial charge in [-0.15, -0.1) is 23.2 Å². The van der Waals surface area contributed by atoms with Gasteiger partial charge in [0.05, 0.1) is 0 Å². The molecule has 6 nitrogen and oxygen atoms in total. The van der Waals surface area contributed by atoms with Crippen molar-refractivity contribution in [2.75, 3.05) is 0 Å². The summed E-state index contributed by atoms with van der Waals surface area (Å²) in [5.74, 6) is 0. The van der Waals surface area contributed by atoms with Gasteiger partial charge in [0.2, 0.25) is 0 Å². The quantitative estimate of drug-likeness (QED) is 0.103. The summed E-state index contributed by atoms with van der Waals surface area (Å²) in [5.41, 5.74) is 0.160. The Morgan fingerprint density at radius 3 is 1.03 bits per heavy atom. The summed E-state index contributed by atoms with van der Waals surface area (Å²) >= 11 is 0. The van der Waals surface area contributed by atoms with Crippen molar-refractivity contribution in [3.05, 3.63) is 21.3 Å². The topological polar surface area (TPSA) is 90.5 Å². The van der Waals surface area contributed by atoms with E-state index in [-0.39, 0.29) is 42.9 Å². The molecule has 4 atom stereocenters. The Morgan fingerprint density at radius 2 is 0.857 bits per heavy atom. The maximum absolute atomic E-state index is 7.75. The second-order valence-electron chi connectivity index (χ2n) is 9.94. The van der Waals surface area contributed by atoms with Crippen LogP contribution in [0.1, 0.15) is 134 Å². The molecule has 0 aliphatic carbocycles. The summed E-state index contributed by atoms with van der Waals surface area (Å²) < 4.78 is 0. The van der Waals surface area contributed by atoms with Gasteiger partial charge in [-0.1, -0.05) is 134 Å². The molecular formula is C28H58N4O2Ru. The van der Waals surface area contributed by atoms with Crippen molar-refractivity contribution in [2.24, 2.45) is 0 Å². The normalized spacial score (nSPS) is 14.3. The maximum Gasteiger partial charge on any atom is 6.00 e. The zero-order valence-electron chi connectivity index (χ0n) is 25.1. The van der Waals surface area contributed by atoms with E-state index < -0.39 is 0 Å². The van der Waals surface area contributed by atoms with E-state index in [1.165, 1.54) is 0 Å². The summed E-state index contributed by atoms with van der Waals surface area (Å²) in [5, 5.41) is 19.2. The average Bonchev–Trinajstić information content (AvgIpc) is 2.81. The minimum atomic E-state index is 0. The Morgan fingerprint density at radius 1 is 0.600 bits per heavy atom. The molecule has 0 aromatic rings. The second kappa shape index (κ2) is 28.4. The minimum absolute atomic E-state index is 0. The van der Waals surface area contributed by atoms with Gasteiger partial charge >= 0.3 is 19.5 Å². The van der Waals surface area contributed by atoms with Crippen molar-refractivity contribution in [2.45, 2.75) is 170 Å². The van der Waals surface area contributed by atoms with E-state index >= 15 is 0 Å². The number of hydrogen-bond donors (Lipinski definition) is 0. The minimum Gasteiger partial charge on any atom is -0.675 e. The third-order valence-electron chi connectivity index (χ3n) is 5.86. The van der Waals surface area contributed by atoms with Crippen molar-refractivity contribution >= 4 is 13.6 Å². The van der Waals surface area contributed by atoms with Crippen LogP contribution < -0.4 is 0 Å². The molecule has 0 aliphatic heterocycles. The first-order valence-electron chi connectivity index (χ1n) is 13.2. The monoisotopic (exact) mass is 584 g/mol. The second-order valence-corrected chi connectivity index (χ2v) is 9.94. The standard InChI is InChI=1S/2C13H28N2.2CHO.Ru/c2*1-7-10-12(14-11(4)8-2)15-13(5,6)9-3;2*1-2;/h2*11-12H,7-10H2,1-6H3;2*1H;/q2*-2;2*-1;+6. The largest absolute Gasteiger partial charge is 6.00 e. The van der Waals surface area contributed by atoms with Gasteiger partial charge in [-0.2, -0.15) is 0 Å². The predicted molar refractivity (Wildman–Crippen MR) is 153 cm³/mol. The number of hydrogen-bond acceptors (Lipinski definition) is 2. The molecular weight excluding hydrogens is 525 g/mol.